The number of carboxylic acids is 1. The summed E-state index contributed by atoms with van der Waals surface area (Å²) in [6.45, 7) is -0.529. The summed E-state index contributed by atoms with van der Waals surface area (Å²) in [5, 5.41) is 28.6. The van der Waals surface area contributed by atoms with Gasteiger partial charge in [0.05, 0.1) is 11.9 Å². The lowest BCUT2D eigenvalue weighted by molar-refractivity contribution is -0.137. The molecule has 31 heavy (non-hydrogen) atoms. The van der Waals surface area contributed by atoms with E-state index in [2.05, 4.69) is 15.5 Å². The minimum atomic E-state index is -1.18. The molecule has 1 aliphatic rings. The molecular formula is C20H17ClN4O5S. The molecule has 9 nitrogen and oxygen atoms in total. The van der Waals surface area contributed by atoms with Gasteiger partial charge < -0.3 is 15.5 Å². The number of amides is 2. The Morgan fingerprint density at radius 3 is 2.48 bits per heavy atom. The van der Waals surface area contributed by atoms with Crippen LogP contribution in [-0.2, 0) is 14.4 Å². The Morgan fingerprint density at radius 1 is 1.16 bits per heavy atom. The van der Waals surface area contributed by atoms with E-state index in [1.54, 1.807) is 36.4 Å². The van der Waals surface area contributed by atoms with Gasteiger partial charge in [0.1, 0.15) is 17.5 Å². The third kappa shape index (κ3) is 6.06. The molecule has 1 heterocycles. The molecule has 3 rings (SSSR count). The van der Waals surface area contributed by atoms with E-state index in [-0.39, 0.29) is 17.3 Å². The second kappa shape index (κ2) is 10.1. The van der Waals surface area contributed by atoms with Crippen molar-refractivity contribution >= 4 is 58.2 Å². The molecule has 3 N–H and O–H groups in total. The van der Waals surface area contributed by atoms with Gasteiger partial charge in [-0.25, -0.2) is 0 Å². The van der Waals surface area contributed by atoms with E-state index < -0.39 is 29.6 Å². The highest BCUT2D eigenvalue weighted by Gasteiger charge is 2.40. The lowest BCUT2D eigenvalue weighted by atomic mass is 10.2. The van der Waals surface area contributed by atoms with E-state index in [9.17, 15) is 19.5 Å². The highest BCUT2D eigenvalue weighted by Crippen LogP contribution is 2.34. The van der Waals surface area contributed by atoms with Crippen LogP contribution >= 0.6 is 23.4 Å². The number of nitrogens with one attached hydrogen (secondary N) is 1. The summed E-state index contributed by atoms with van der Waals surface area (Å²) in [5.74, 6) is -2.11. The van der Waals surface area contributed by atoms with Gasteiger partial charge in [-0.05, 0) is 42.0 Å². The number of carbonyl (C=O) groups excluding carboxylic acids is 2. The van der Waals surface area contributed by atoms with Crippen LogP contribution < -0.4 is 10.2 Å². The Bertz CT molecular complexity index is 1040. The lowest BCUT2D eigenvalue weighted by Crippen LogP contribution is -2.36. The third-order valence-corrected chi connectivity index (χ3v) is 5.45. The number of hydrogen-bond acceptors (Lipinski definition) is 7. The molecule has 2 aromatic carbocycles. The highest BCUT2D eigenvalue weighted by atomic mass is 35.5. The fourth-order valence-corrected chi connectivity index (χ4v) is 3.83. The van der Waals surface area contributed by atoms with Gasteiger partial charge in [-0.1, -0.05) is 35.5 Å². The van der Waals surface area contributed by atoms with Crippen LogP contribution in [-0.4, -0.2) is 51.2 Å². The van der Waals surface area contributed by atoms with Crippen molar-refractivity contribution in [2.75, 3.05) is 11.4 Å². The molecule has 0 radical (unpaired) electrons. The maximum Gasteiger partial charge on any atom is 0.322 e. The first kappa shape index (κ1) is 22.3. The van der Waals surface area contributed by atoms with Gasteiger partial charge >= 0.3 is 5.97 Å². The number of carboxylic acid groups (broad SMARTS) is 1. The topological polar surface area (TPSA) is 132 Å². The number of anilines is 1. The van der Waals surface area contributed by atoms with Gasteiger partial charge in [-0.2, -0.15) is 5.10 Å². The summed E-state index contributed by atoms with van der Waals surface area (Å²) in [6.07, 6.45) is 1.28. The molecule has 0 bridgehead atoms. The van der Waals surface area contributed by atoms with E-state index in [4.69, 9.17) is 16.7 Å². The first-order valence-electron chi connectivity index (χ1n) is 8.98. The number of amidine groups is 1. The number of nitrogens with zero attached hydrogens (tertiary/aromatic N) is 3. The summed E-state index contributed by atoms with van der Waals surface area (Å²) in [4.78, 5) is 36.9. The zero-order valence-electron chi connectivity index (χ0n) is 15.9. The second-order valence-corrected chi connectivity index (χ2v) is 7.96. The molecule has 11 heteroatoms. The minimum Gasteiger partial charge on any atom is -0.508 e. The standard InChI is InChI=1S/C20H17ClN4O5S/c21-13-3-1-12(2-4-13)10-23-24-20-25(14-5-7-15(26)8-6-14)19(30)16(31-20)9-17(27)22-11-18(28)29/h1-8,10,16,26H,9,11H2,(H,22,27)(H,28,29)/b23-10+,24-20+. The van der Waals surface area contributed by atoms with Gasteiger partial charge in [0.25, 0.3) is 0 Å². The van der Waals surface area contributed by atoms with E-state index in [1.807, 2.05) is 0 Å². The van der Waals surface area contributed by atoms with Crippen LogP contribution in [0.4, 0.5) is 5.69 Å². The zero-order chi connectivity index (χ0) is 22.4. The molecule has 2 aromatic rings. The van der Waals surface area contributed by atoms with Crippen molar-refractivity contribution in [2.24, 2.45) is 10.2 Å². The van der Waals surface area contributed by atoms with Crippen molar-refractivity contribution in [3.8, 4) is 5.75 Å². The molecular weight excluding hydrogens is 444 g/mol. The summed E-state index contributed by atoms with van der Waals surface area (Å²) in [5.41, 5.74) is 1.20. The molecule has 0 aliphatic carbocycles. The Morgan fingerprint density at radius 2 is 1.84 bits per heavy atom. The smallest absolute Gasteiger partial charge is 0.322 e. The van der Waals surface area contributed by atoms with Crippen molar-refractivity contribution in [1.29, 1.82) is 0 Å². The molecule has 1 saturated heterocycles. The number of hydrogen-bond donors (Lipinski definition) is 3. The van der Waals surface area contributed by atoms with Crippen molar-refractivity contribution in [1.82, 2.24) is 5.32 Å². The number of halogens is 1. The Hall–Kier alpha value is -3.37. The van der Waals surface area contributed by atoms with Crippen molar-refractivity contribution in [3.63, 3.8) is 0 Å². The van der Waals surface area contributed by atoms with E-state index in [0.717, 1.165) is 17.3 Å². The number of rotatable bonds is 7. The molecule has 0 saturated carbocycles. The maximum atomic E-state index is 12.9. The molecule has 1 aliphatic heterocycles. The van der Waals surface area contributed by atoms with Crippen LogP contribution in [0.1, 0.15) is 12.0 Å². The molecule has 0 spiro atoms. The lowest BCUT2D eigenvalue weighted by Gasteiger charge is -2.15. The molecule has 2 amide bonds. The van der Waals surface area contributed by atoms with Gasteiger partial charge in [0, 0.05) is 11.4 Å². The fraction of sp³-hybridized carbons (Fsp3) is 0.150. The first-order chi connectivity index (χ1) is 14.8. The van der Waals surface area contributed by atoms with Gasteiger partial charge in [0.2, 0.25) is 11.8 Å². The summed E-state index contributed by atoms with van der Waals surface area (Å²) in [7, 11) is 0. The Balaban J connectivity index is 1.82. The minimum absolute atomic E-state index is 0.0342. The van der Waals surface area contributed by atoms with E-state index in [1.165, 1.54) is 23.2 Å². The third-order valence-electron chi connectivity index (χ3n) is 4.07. The van der Waals surface area contributed by atoms with Crippen LogP contribution in [0, 0.1) is 0 Å². The number of aromatic hydroxyl groups is 1. The Labute approximate surface area is 186 Å². The average Bonchev–Trinajstić information content (AvgIpc) is 3.03. The van der Waals surface area contributed by atoms with Crippen LogP contribution in [0.5, 0.6) is 5.75 Å². The van der Waals surface area contributed by atoms with Crippen LogP contribution in [0.25, 0.3) is 0 Å². The van der Waals surface area contributed by atoms with Gasteiger partial charge in [0.15, 0.2) is 5.17 Å². The largest absolute Gasteiger partial charge is 0.508 e. The number of aliphatic carboxylic acids is 1. The Kier molecular flexibility index (Phi) is 7.27. The van der Waals surface area contributed by atoms with Crippen molar-refractivity contribution in [3.05, 3.63) is 59.1 Å². The average molecular weight is 461 g/mol. The monoisotopic (exact) mass is 460 g/mol. The summed E-state index contributed by atoms with van der Waals surface area (Å²) < 4.78 is 0. The first-order valence-corrected chi connectivity index (χ1v) is 10.2. The predicted octanol–water partition coefficient (Wildman–Crippen LogP) is 2.48. The van der Waals surface area contributed by atoms with Crippen LogP contribution in [0.2, 0.25) is 5.02 Å². The zero-order valence-corrected chi connectivity index (χ0v) is 17.5. The van der Waals surface area contributed by atoms with Crippen molar-refractivity contribution in [2.45, 2.75) is 11.7 Å². The molecule has 1 fully saturated rings. The SMILES string of the molecule is O=C(O)CNC(=O)CC1S/C(=N/N=C/c2ccc(Cl)cc2)N(c2ccc(O)cc2)C1=O. The van der Waals surface area contributed by atoms with Gasteiger partial charge in [-0.3, -0.25) is 19.3 Å². The molecule has 160 valence electrons. The fourth-order valence-electron chi connectivity index (χ4n) is 2.61. The van der Waals surface area contributed by atoms with Gasteiger partial charge in [-0.15, -0.1) is 5.10 Å². The summed E-state index contributed by atoms with van der Waals surface area (Å²) in [6, 6.07) is 12.9. The van der Waals surface area contributed by atoms with Crippen LogP contribution in [0.15, 0.2) is 58.7 Å². The number of phenols is 1. The number of thioether (sulfide) groups is 1. The molecule has 1 unspecified atom stereocenters. The maximum absolute atomic E-state index is 12.9. The predicted molar refractivity (Wildman–Crippen MR) is 119 cm³/mol. The molecule has 1 atom stereocenters. The normalized spacial score (nSPS) is 17.5. The summed E-state index contributed by atoms with van der Waals surface area (Å²) >= 11 is 6.90. The number of carbonyl (C=O) groups is 3. The van der Waals surface area contributed by atoms with Crippen molar-refractivity contribution < 1.29 is 24.6 Å². The van der Waals surface area contributed by atoms with Crippen LogP contribution in [0.3, 0.4) is 0 Å². The quantitative estimate of drug-likeness (QED) is 0.429. The second-order valence-electron chi connectivity index (χ2n) is 6.35. The molecule has 0 aromatic heterocycles. The number of phenolic OH excluding ortho intramolecular Hbond substituents is 1. The van der Waals surface area contributed by atoms with E-state index >= 15 is 0 Å². The highest BCUT2D eigenvalue weighted by molar-refractivity contribution is 8.16. The van der Waals surface area contributed by atoms with E-state index in [0.29, 0.717) is 10.7 Å². The number of benzene rings is 2.